The number of anilines is 1. The van der Waals surface area contributed by atoms with Gasteiger partial charge >= 0.3 is 5.97 Å². The summed E-state index contributed by atoms with van der Waals surface area (Å²) in [6.45, 7) is 7.82. The number of amides is 1. The number of likely N-dealkylation sites (tertiary alicyclic amines) is 1. The number of benzene rings is 3. The number of nitrogens with zero attached hydrogens (tertiary/aromatic N) is 1. The molecule has 0 radical (unpaired) electrons. The molecule has 2 N–H and O–H groups in total. The third-order valence-corrected chi connectivity index (χ3v) is 8.20. The first-order valence-corrected chi connectivity index (χ1v) is 14.5. The molecule has 5 rings (SSSR count). The van der Waals surface area contributed by atoms with Crippen LogP contribution in [0, 0.1) is 24.5 Å². The van der Waals surface area contributed by atoms with Crippen LogP contribution in [0.25, 0.3) is 0 Å². The van der Waals surface area contributed by atoms with E-state index in [4.69, 9.17) is 14.2 Å². The topological polar surface area (TPSA) is 97.3 Å². The lowest BCUT2D eigenvalue weighted by Crippen LogP contribution is -2.36. The van der Waals surface area contributed by atoms with E-state index in [2.05, 4.69) is 5.32 Å². The molecule has 2 aliphatic heterocycles. The summed E-state index contributed by atoms with van der Waals surface area (Å²) < 4.78 is 47.2. The smallest absolute Gasteiger partial charge is 0.309 e. The Labute approximate surface area is 249 Å². The zero-order valence-corrected chi connectivity index (χ0v) is 24.7. The highest BCUT2D eigenvalue weighted by Crippen LogP contribution is 2.49. The van der Waals surface area contributed by atoms with Crippen LogP contribution < -0.4 is 19.5 Å². The van der Waals surface area contributed by atoms with Gasteiger partial charge in [0.2, 0.25) is 12.7 Å². The molecule has 2 heterocycles. The Bertz CT molecular complexity index is 1520. The maximum Gasteiger partial charge on any atom is 0.309 e. The van der Waals surface area contributed by atoms with Crippen LogP contribution >= 0.6 is 0 Å². The van der Waals surface area contributed by atoms with Gasteiger partial charge in [-0.25, -0.2) is 8.78 Å². The Kier molecular flexibility index (Phi) is 8.87. The van der Waals surface area contributed by atoms with Gasteiger partial charge in [0.05, 0.1) is 25.1 Å². The Morgan fingerprint density at radius 2 is 1.63 bits per heavy atom. The quantitative estimate of drug-likeness (QED) is 0.297. The van der Waals surface area contributed by atoms with Crippen molar-refractivity contribution >= 4 is 17.6 Å². The molecule has 0 unspecified atom stereocenters. The molecular weight excluding hydrogens is 558 g/mol. The summed E-state index contributed by atoms with van der Waals surface area (Å²) in [5.74, 6) is -4.28. The number of carboxylic acids is 1. The Morgan fingerprint density at radius 1 is 0.977 bits per heavy atom. The highest BCUT2D eigenvalue weighted by atomic mass is 19.1. The van der Waals surface area contributed by atoms with Crippen LogP contribution in [0.2, 0.25) is 0 Å². The molecule has 1 fully saturated rings. The fraction of sp³-hybridized carbons (Fsp3) is 0.394. The molecule has 1 amide bonds. The van der Waals surface area contributed by atoms with Crippen molar-refractivity contribution in [3.8, 4) is 17.2 Å². The van der Waals surface area contributed by atoms with E-state index in [1.165, 1.54) is 24.3 Å². The van der Waals surface area contributed by atoms with Gasteiger partial charge in [-0.15, -0.1) is 0 Å². The van der Waals surface area contributed by atoms with Gasteiger partial charge in [-0.3, -0.25) is 14.5 Å². The lowest BCUT2D eigenvalue weighted by Gasteiger charge is -2.27. The van der Waals surface area contributed by atoms with Crippen LogP contribution in [0.3, 0.4) is 0 Å². The van der Waals surface area contributed by atoms with Crippen LogP contribution in [-0.4, -0.2) is 48.4 Å². The molecule has 0 aliphatic carbocycles. The molecule has 3 aromatic rings. The molecule has 0 bridgehead atoms. The lowest BCUT2D eigenvalue weighted by molar-refractivity contribution is -0.143. The normalized spacial score (nSPS) is 19.4. The number of nitrogens with one attached hydrogen (secondary N) is 1. The average molecular weight is 595 g/mol. The van der Waals surface area contributed by atoms with Crippen molar-refractivity contribution in [1.82, 2.24) is 4.90 Å². The molecule has 0 saturated carbocycles. The summed E-state index contributed by atoms with van der Waals surface area (Å²) in [5.41, 5.74) is 4.00. The molecule has 1 saturated heterocycles. The van der Waals surface area contributed by atoms with Crippen LogP contribution in [-0.2, 0) is 22.4 Å². The number of hydrogen-bond acceptors (Lipinski definition) is 6. The van der Waals surface area contributed by atoms with Crippen molar-refractivity contribution < 1.29 is 37.7 Å². The van der Waals surface area contributed by atoms with E-state index < -0.39 is 35.5 Å². The largest absolute Gasteiger partial charge is 0.494 e. The number of fused-ring (bicyclic) bond motifs is 1. The van der Waals surface area contributed by atoms with Gasteiger partial charge in [-0.2, -0.15) is 0 Å². The molecule has 3 aromatic carbocycles. The van der Waals surface area contributed by atoms with E-state index in [-0.39, 0.29) is 42.7 Å². The van der Waals surface area contributed by atoms with Gasteiger partial charge in [0.1, 0.15) is 17.4 Å². The second kappa shape index (κ2) is 12.6. The first-order valence-electron chi connectivity index (χ1n) is 14.5. The number of ether oxygens (including phenoxy) is 3. The number of carbonyl (C=O) groups is 2. The van der Waals surface area contributed by atoms with Gasteiger partial charge in [0.15, 0.2) is 11.5 Å². The number of hydrogen-bond donors (Lipinski definition) is 2. The minimum absolute atomic E-state index is 0.00651. The summed E-state index contributed by atoms with van der Waals surface area (Å²) >= 11 is 0. The molecule has 2 aliphatic rings. The third kappa shape index (κ3) is 6.01. The monoisotopic (exact) mass is 594 g/mol. The zero-order valence-electron chi connectivity index (χ0n) is 24.7. The van der Waals surface area contributed by atoms with Crippen LogP contribution in [0.15, 0.2) is 42.5 Å². The molecule has 0 aromatic heterocycles. The van der Waals surface area contributed by atoms with E-state index in [9.17, 15) is 14.7 Å². The van der Waals surface area contributed by atoms with Crippen molar-refractivity contribution in [2.75, 3.05) is 31.8 Å². The maximum absolute atomic E-state index is 15.6. The van der Waals surface area contributed by atoms with E-state index in [0.717, 1.165) is 22.4 Å². The molecule has 228 valence electrons. The second-order valence-corrected chi connectivity index (χ2v) is 10.9. The van der Waals surface area contributed by atoms with Gasteiger partial charge in [0, 0.05) is 35.8 Å². The maximum atomic E-state index is 15.6. The molecule has 43 heavy (non-hydrogen) atoms. The van der Waals surface area contributed by atoms with E-state index in [1.807, 2.05) is 32.9 Å². The van der Waals surface area contributed by atoms with Crippen molar-refractivity contribution in [1.29, 1.82) is 0 Å². The first kappa shape index (κ1) is 30.3. The predicted molar refractivity (Wildman–Crippen MR) is 157 cm³/mol. The average Bonchev–Trinajstić information content (AvgIpc) is 3.57. The van der Waals surface area contributed by atoms with Crippen LogP contribution in [0.1, 0.15) is 60.5 Å². The van der Waals surface area contributed by atoms with E-state index >= 15 is 8.78 Å². The van der Waals surface area contributed by atoms with Crippen molar-refractivity contribution in [3.63, 3.8) is 0 Å². The number of rotatable bonds is 10. The third-order valence-electron chi connectivity index (χ3n) is 8.20. The van der Waals surface area contributed by atoms with Gasteiger partial charge < -0.3 is 24.6 Å². The summed E-state index contributed by atoms with van der Waals surface area (Å²) in [4.78, 5) is 28.1. The number of carboxylic acid groups (broad SMARTS) is 1. The SMILES string of the molecule is CCOc1ccc([C@H]2[C@H](C(=O)O)[C@@H](c3cc4c(cc3F)OCO4)CN2CC(=O)Nc2c(CC)cc(C)cc2CC)c(F)c1. The van der Waals surface area contributed by atoms with Crippen molar-refractivity contribution in [2.45, 2.75) is 52.5 Å². The number of aryl methyl sites for hydroxylation is 3. The summed E-state index contributed by atoms with van der Waals surface area (Å²) in [5, 5.41) is 13.5. The summed E-state index contributed by atoms with van der Waals surface area (Å²) in [6, 6.07) is 9.87. The number of aliphatic carboxylic acids is 1. The zero-order chi connectivity index (χ0) is 30.8. The standard InChI is InChI=1S/C33H36F2N2O6/c1-5-19-10-18(4)11-20(6-2)31(19)36-29(38)16-37-15-24(23-13-27-28(14-26(23)35)43-17-42-27)30(33(39)40)32(37)22-9-8-21(41-7-3)12-25(22)34/h8-14,24,30,32H,5-7,15-17H2,1-4H3,(H,36,38)(H,39,40)/t24-,30-,32+/m1/s1. The lowest BCUT2D eigenvalue weighted by atomic mass is 9.82. The fourth-order valence-electron chi connectivity index (χ4n) is 6.32. The Balaban J connectivity index is 1.54. The molecule has 8 nitrogen and oxygen atoms in total. The van der Waals surface area contributed by atoms with Gasteiger partial charge in [0.25, 0.3) is 0 Å². The van der Waals surface area contributed by atoms with E-state index in [0.29, 0.717) is 30.9 Å². The molecule has 10 heteroatoms. The highest BCUT2D eigenvalue weighted by Gasteiger charge is 2.49. The number of halogens is 2. The number of carbonyl (C=O) groups excluding carboxylic acids is 1. The first-order chi connectivity index (χ1) is 20.6. The van der Waals surface area contributed by atoms with Crippen LogP contribution in [0.4, 0.5) is 14.5 Å². The summed E-state index contributed by atoms with van der Waals surface area (Å²) in [6.07, 6.45) is 1.42. The van der Waals surface area contributed by atoms with E-state index in [1.54, 1.807) is 17.9 Å². The summed E-state index contributed by atoms with van der Waals surface area (Å²) in [7, 11) is 0. The minimum Gasteiger partial charge on any atom is -0.494 e. The highest BCUT2D eigenvalue weighted by molar-refractivity contribution is 5.94. The van der Waals surface area contributed by atoms with Gasteiger partial charge in [-0.05, 0) is 55.5 Å². The van der Waals surface area contributed by atoms with Crippen LogP contribution in [0.5, 0.6) is 17.2 Å². The predicted octanol–water partition coefficient (Wildman–Crippen LogP) is 6.01. The van der Waals surface area contributed by atoms with Crippen molar-refractivity contribution in [2.24, 2.45) is 5.92 Å². The fourth-order valence-corrected chi connectivity index (χ4v) is 6.32. The minimum atomic E-state index is -1.27. The van der Waals surface area contributed by atoms with Crippen molar-refractivity contribution in [3.05, 3.63) is 81.9 Å². The molecular formula is C33H36F2N2O6. The Morgan fingerprint density at radius 3 is 2.23 bits per heavy atom. The van der Waals surface area contributed by atoms with Gasteiger partial charge in [-0.1, -0.05) is 37.6 Å². The molecule has 3 atom stereocenters. The second-order valence-electron chi connectivity index (χ2n) is 10.9. The molecule has 0 spiro atoms. The Hall–Kier alpha value is -4.18.